The Kier molecular flexibility index (Phi) is 6.23. The van der Waals surface area contributed by atoms with Gasteiger partial charge in [0, 0.05) is 5.56 Å². The van der Waals surface area contributed by atoms with Crippen LogP contribution in [-0.4, -0.2) is 41.6 Å². The standard InChI is InChI=1S/C30H26N2O6S/c1-4-36-20-8-5-18(6-9-20)26-24(27(33)19-7-10-21-22(15-19)38-12-11-37-21)28(34)29(35)32(26)30-31-25-17(3)13-16(2)14-23(25)39-30/h5-10,13-15,26,33H,4,11-12H2,1-3H3/b27-24+/t26-/m1/s1. The summed E-state index contributed by atoms with van der Waals surface area (Å²) in [6.45, 7) is 7.19. The highest BCUT2D eigenvalue weighted by molar-refractivity contribution is 7.22. The molecular weight excluding hydrogens is 516 g/mol. The smallest absolute Gasteiger partial charge is 0.301 e. The van der Waals surface area contributed by atoms with Crippen LogP contribution in [0.3, 0.4) is 0 Å². The van der Waals surface area contributed by atoms with Crippen molar-refractivity contribution in [3.05, 3.63) is 82.4 Å². The topological polar surface area (TPSA) is 98.2 Å². The summed E-state index contributed by atoms with van der Waals surface area (Å²) in [6.07, 6.45) is 0. The average molecular weight is 543 g/mol. The molecule has 1 aromatic heterocycles. The minimum atomic E-state index is -0.893. The summed E-state index contributed by atoms with van der Waals surface area (Å²) >= 11 is 1.34. The average Bonchev–Trinajstić information content (AvgIpc) is 3.47. The van der Waals surface area contributed by atoms with Crippen LogP contribution in [0.15, 0.2) is 60.2 Å². The number of aliphatic hydroxyl groups excluding tert-OH is 1. The molecule has 2 aliphatic rings. The molecular formula is C30H26N2O6S. The number of thiazole rings is 1. The van der Waals surface area contributed by atoms with E-state index in [1.54, 1.807) is 42.5 Å². The van der Waals surface area contributed by atoms with E-state index in [0.717, 1.165) is 21.3 Å². The molecule has 1 fully saturated rings. The van der Waals surface area contributed by atoms with Crippen molar-refractivity contribution in [2.75, 3.05) is 24.7 Å². The van der Waals surface area contributed by atoms with Crippen LogP contribution in [0.4, 0.5) is 5.13 Å². The Labute approximate surface area is 229 Å². The van der Waals surface area contributed by atoms with Gasteiger partial charge in [-0.05, 0) is 73.9 Å². The lowest BCUT2D eigenvalue weighted by Gasteiger charge is -2.23. The number of benzene rings is 3. The van der Waals surface area contributed by atoms with Crippen LogP contribution in [0.25, 0.3) is 16.0 Å². The summed E-state index contributed by atoms with van der Waals surface area (Å²) in [5.41, 5.74) is 3.82. The molecule has 0 saturated carbocycles. The van der Waals surface area contributed by atoms with E-state index in [1.807, 2.05) is 32.9 Å². The highest BCUT2D eigenvalue weighted by Crippen LogP contribution is 2.45. The predicted molar refractivity (Wildman–Crippen MR) is 149 cm³/mol. The molecule has 9 heteroatoms. The van der Waals surface area contributed by atoms with Gasteiger partial charge in [0.05, 0.1) is 28.4 Å². The zero-order valence-corrected chi connectivity index (χ0v) is 22.5. The van der Waals surface area contributed by atoms with E-state index in [0.29, 0.717) is 53.3 Å². The Morgan fingerprint density at radius 3 is 2.54 bits per heavy atom. The van der Waals surface area contributed by atoms with Crippen molar-refractivity contribution in [3.63, 3.8) is 0 Å². The van der Waals surface area contributed by atoms with Gasteiger partial charge in [-0.1, -0.05) is 29.5 Å². The summed E-state index contributed by atoms with van der Waals surface area (Å²) in [7, 11) is 0. The maximum absolute atomic E-state index is 13.6. The van der Waals surface area contributed by atoms with Gasteiger partial charge >= 0.3 is 5.91 Å². The van der Waals surface area contributed by atoms with E-state index in [4.69, 9.17) is 19.2 Å². The summed E-state index contributed by atoms with van der Waals surface area (Å²) in [4.78, 5) is 33.3. The Morgan fingerprint density at radius 2 is 1.79 bits per heavy atom. The molecule has 39 heavy (non-hydrogen) atoms. The van der Waals surface area contributed by atoms with Crippen molar-refractivity contribution in [1.29, 1.82) is 0 Å². The number of ketones is 1. The Morgan fingerprint density at radius 1 is 1.05 bits per heavy atom. The number of aryl methyl sites for hydroxylation is 2. The first kappa shape index (κ1) is 24.9. The Hall–Kier alpha value is -4.37. The van der Waals surface area contributed by atoms with Crippen molar-refractivity contribution >= 4 is 44.1 Å². The number of hydrogen-bond donors (Lipinski definition) is 1. The molecule has 1 amide bonds. The number of Topliss-reactive ketones (excluding diaryl/α,β-unsaturated/α-hetero) is 1. The molecule has 0 spiro atoms. The number of ether oxygens (including phenoxy) is 3. The summed E-state index contributed by atoms with van der Waals surface area (Å²) in [5, 5.41) is 11.9. The molecule has 1 atom stereocenters. The van der Waals surface area contributed by atoms with E-state index >= 15 is 0 Å². The van der Waals surface area contributed by atoms with E-state index in [2.05, 4.69) is 0 Å². The fourth-order valence-corrected chi connectivity index (χ4v) is 6.23. The number of carbonyl (C=O) groups excluding carboxylic acids is 2. The van der Waals surface area contributed by atoms with Crippen LogP contribution in [0.2, 0.25) is 0 Å². The molecule has 1 saturated heterocycles. The first-order valence-corrected chi connectivity index (χ1v) is 13.5. The first-order chi connectivity index (χ1) is 18.9. The summed E-state index contributed by atoms with van der Waals surface area (Å²) in [5.74, 6) is -0.138. The lowest BCUT2D eigenvalue weighted by Crippen LogP contribution is -2.29. The van der Waals surface area contributed by atoms with E-state index < -0.39 is 17.7 Å². The predicted octanol–water partition coefficient (Wildman–Crippen LogP) is 5.71. The lowest BCUT2D eigenvalue weighted by molar-refractivity contribution is -0.132. The zero-order chi connectivity index (χ0) is 27.3. The van der Waals surface area contributed by atoms with Crippen molar-refractivity contribution in [3.8, 4) is 17.2 Å². The number of nitrogens with zero attached hydrogens (tertiary/aromatic N) is 2. The first-order valence-electron chi connectivity index (χ1n) is 12.7. The van der Waals surface area contributed by atoms with Crippen molar-refractivity contribution in [2.45, 2.75) is 26.8 Å². The summed E-state index contributed by atoms with van der Waals surface area (Å²) in [6, 6.07) is 15.3. The minimum Gasteiger partial charge on any atom is -0.507 e. The van der Waals surface area contributed by atoms with Gasteiger partial charge in [-0.15, -0.1) is 0 Å². The maximum atomic E-state index is 13.6. The van der Waals surface area contributed by atoms with Gasteiger partial charge in [-0.2, -0.15) is 0 Å². The van der Waals surface area contributed by atoms with Crippen LogP contribution in [0, 0.1) is 13.8 Å². The normalized spacial score (nSPS) is 18.1. The number of aromatic nitrogens is 1. The number of anilines is 1. The molecule has 198 valence electrons. The van der Waals surface area contributed by atoms with Crippen LogP contribution in [0.1, 0.15) is 35.2 Å². The maximum Gasteiger partial charge on any atom is 0.301 e. The van der Waals surface area contributed by atoms with Crippen LogP contribution >= 0.6 is 11.3 Å². The molecule has 6 rings (SSSR count). The molecule has 3 aromatic carbocycles. The zero-order valence-electron chi connectivity index (χ0n) is 21.7. The Bertz CT molecular complexity index is 1660. The Balaban J connectivity index is 1.53. The molecule has 0 bridgehead atoms. The molecule has 4 aromatic rings. The molecule has 0 unspecified atom stereocenters. The van der Waals surface area contributed by atoms with Gasteiger partial charge in [0.25, 0.3) is 5.78 Å². The molecule has 8 nitrogen and oxygen atoms in total. The fraction of sp³-hybridized carbons (Fsp3) is 0.233. The third kappa shape index (κ3) is 4.28. The van der Waals surface area contributed by atoms with Gasteiger partial charge in [-0.3, -0.25) is 14.5 Å². The van der Waals surface area contributed by atoms with Gasteiger partial charge < -0.3 is 19.3 Å². The number of carbonyl (C=O) groups is 2. The second-order valence-corrected chi connectivity index (χ2v) is 10.5. The number of aliphatic hydroxyl groups is 1. The van der Waals surface area contributed by atoms with Crippen LogP contribution in [-0.2, 0) is 9.59 Å². The largest absolute Gasteiger partial charge is 0.507 e. The van der Waals surface area contributed by atoms with Crippen molar-refractivity contribution in [1.82, 2.24) is 4.98 Å². The molecule has 2 aliphatic heterocycles. The van der Waals surface area contributed by atoms with E-state index in [9.17, 15) is 14.7 Å². The molecule has 0 aliphatic carbocycles. The minimum absolute atomic E-state index is 0.0204. The number of hydrogen-bond acceptors (Lipinski definition) is 8. The second-order valence-electron chi connectivity index (χ2n) is 9.45. The SMILES string of the molecule is CCOc1ccc([C@@H]2/C(=C(\O)c3ccc4c(c3)OCCO4)C(=O)C(=O)N2c2nc3c(C)cc(C)cc3s2)cc1. The number of rotatable bonds is 5. The molecule has 0 radical (unpaired) electrons. The highest BCUT2D eigenvalue weighted by atomic mass is 32.1. The number of amides is 1. The highest BCUT2D eigenvalue weighted by Gasteiger charge is 2.48. The quantitative estimate of drug-likeness (QED) is 0.196. The van der Waals surface area contributed by atoms with Gasteiger partial charge in [0.2, 0.25) is 0 Å². The summed E-state index contributed by atoms with van der Waals surface area (Å²) < 4.78 is 17.8. The van der Waals surface area contributed by atoms with Crippen LogP contribution < -0.4 is 19.1 Å². The van der Waals surface area contributed by atoms with Gasteiger partial charge in [0.1, 0.15) is 24.7 Å². The van der Waals surface area contributed by atoms with Crippen molar-refractivity contribution < 1.29 is 28.9 Å². The van der Waals surface area contributed by atoms with E-state index in [-0.39, 0.29) is 11.3 Å². The molecule has 1 N–H and O–H groups in total. The second kappa shape index (κ2) is 9.74. The fourth-order valence-electron chi connectivity index (χ4n) is 5.07. The van der Waals surface area contributed by atoms with Crippen molar-refractivity contribution in [2.24, 2.45) is 0 Å². The monoisotopic (exact) mass is 542 g/mol. The van der Waals surface area contributed by atoms with Gasteiger partial charge in [-0.25, -0.2) is 4.98 Å². The molecule has 3 heterocycles. The van der Waals surface area contributed by atoms with Crippen LogP contribution in [0.5, 0.6) is 17.2 Å². The van der Waals surface area contributed by atoms with E-state index in [1.165, 1.54) is 16.2 Å². The third-order valence-corrected chi connectivity index (χ3v) is 7.79. The van der Waals surface area contributed by atoms with Gasteiger partial charge in [0.15, 0.2) is 16.6 Å². The third-order valence-electron chi connectivity index (χ3n) is 6.79. The number of fused-ring (bicyclic) bond motifs is 2. The lowest BCUT2D eigenvalue weighted by atomic mass is 9.95.